The van der Waals surface area contributed by atoms with Gasteiger partial charge in [0.15, 0.2) is 0 Å². The summed E-state index contributed by atoms with van der Waals surface area (Å²) in [6.45, 7) is 27.8. The van der Waals surface area contributed by atoms with E-state index in [-0.39, 0.29) is 0 Å². The molecule has 1 aliphatic carbocycles. The van der Waals surface area contributed by atoms with E-state index in [1.165, 1.54) is 39.6 Å². The molecule has 1 unspecified atom stereocenters. The van der Waals surface area contributed by atoms with E-state index in [4.69, 9.17) is 14.8 Å². The molecule has 3 aromatic carbocycles. The predicted octanol–water partition coefficient (Wildman–Crippen LogP) is 13.6. The monoisotopic (exact) mass is 720 g/mol. The van der Waals surface area contributed by atoms with Crippen LogP contribution in [-0.2, 0) is 0 Å². The van der Waals surface area contributed by atoms with E-state index < -0.39 is 0 Å². The molecule has 5 nitrogen and oxygen atoms in total. The van der Waals surface area contributed by atoms with Crippen LogP contribution in [0.25, 0.3) is 33.3 Å². The minimum atomic E-state index is 0.320. The van der Waals surface area contributed by atoms with Gasteiger partial charge in [0.1, 0.15) is 17.3 Å². The molecule has 0 N–H and O–H groups in total. The summed E-state index contributed by atoms with van der Waals surface area (Å²) >= 11 is 0. The molecule has 0 spiro atoms. The largest absolute Gasteiger partial charge is 0.457 e. The Morgan fingerprint density at radius 1 is 0.685 bits per heavy atom. The van der Waals surface area contributed by atoms with Crippen molar-refractivity contribution in [2.24, 2.45) is 29.6 Å². The van der Waals surface area contributed by atoms with E-state index in [9.17, 15) is 0 Å². The smallest absolute Gasteiger partial charge is 0.137 e. The van der Waals surface area contributed by atoms with Crippen molar-refractivity contribution in [2.45, 2.75) is 107 Å². The number of pyridine rings is 1. The van der Waals surface area contributed by atoms with Crippen LogP contribution in [-0.4, -0.2) is 19.3 Å². The normalized spacial score (nSPS) is 17.9. The van der Waals surface area contributed by atoms with Crippen LogP contribution in [0.5, 0.6) is 11.5 Å². The number of rotatable bonds is 10. The molecule has 0 saturated carbocycles. The minimum absolute atomic E-state index is 0.320. The summed E-state index contributed by atoms with van der Waals surface area (Å²) in [4.78, 5) is 4.85. The number of hydrogen-bond acceptors (Lipinski definition) is 3. The number of benzene rings is 3. The zero-order valence-corrected chi connectivity index (χ0v) is 34.6. The first kappa shape index (κ1) is 37.7. The standard InChI is InChI=1S/C49H60N4O/c1-28(2)35-19-20-50-47(25-35)52-45-16-14-13-15-41(45)42-18-17-39(27-46(42)52)54-40-22-36(29(3)4)21-38(26-40)53-34(12)48(33(11)51-53)49-43(31(7)8)23-37(30(5)6)24-44(49)32(9)10/h13-23,25-32,37,44,49H,24H2,1-12H3/t37-,44?,49-/m0/s1. The second-order valence-electron chi connectivity index (χ2n) is 17.5. The first-order valence-corrected chi connectivity index (χ1v) is 20.3. The van der Waals surface area contributed by atoms with Gasteiger partial charge in [-0.1, -0.05) is 99.1 Å². The number of ether oxygens (including phenoxy) is 1. The molecule has 3 heterocycles. The van der Waals surface area contributed by atoms with Gasteiger partial charge in [0.05, 0.1) is 22.4 Å². The van der Waals surface area contributed by atoms with Gasteiger partial charge >= 0.3 is 0 Å². The van der Waals surface area contributed by atoms with Crippen molar-refractivity contribution >= 4 is 21.8 Å². The van der Waals surface area contributed by atoms with Gasteiger partial charge in [-0.25, -0.2) is 9.67 Å². The van der Waals surface area contributed by atoms with Crippen LogP contribution in [0.3, 0.4) is 0 Å². The molecule has 1 aliphatic rings. The zero-order chi connectivity index (χ0) is 38.6. The second-order valence-corrected chi connectivity index (χ2v) is 17.5. The maximum atomic E-state index is 6.83. The summed E-state index contributed by atoms with van der Waals surface area (Å²) in [6.07, 6.45) is 5.78. The highest BCUT2D eigenvalue weighted by molar-refractivity contribution is 6.09. The summed E-state index contributed by atoms with van der Waals surface area (Å²) in [5.41, 5.74) is 11.1. The van der Waals surface area contributed by atoms with E-state index in [0.29, 0.717) is 47.3 Å². The fraction of sp³-hybridized carbons (Fsp3) is 0.429. The molecule has 0 bridgehead atoms. The van der Waals surface area contributed by atoms with Crippen molar-refractivity contribution in [2.75, 3.05) is 0 Å². The Bertz CT molecular complexity index is 2330. The van der Waals surface area contributed by atoms with Crippen LogP contribution >= 0.6 is 0 Å². The van der Waals surface area contributed by atoms with E-state index >= 15 is 0 Å². The highest BCUT2D eigenvalue weighted by atomic mass is 16.5. The van der Waals surface area contributed by atoms with Gasteiger partial charge in [-0.05, 0) is 115 Å². The molecule has 0 amide bonds. The SMILES string of the molecule is Cc1nn(-c2cc(Oc3ccc4c5ccccc5n(-c5cc(C(C)C)ccn5)c4c3)cc(C(C)C)c2)c(C)c1[C@H]1C(C(C)C)=C[C@H](C(C)C)CC1C(C)C. The summed E-state index contributed by atoms with van der Waals surface area (Å²) < 4.78 is 11.3. The summed E-state index contributed by atoms with van der Waals surface area (Å²) in [5, 5.41) is 7.68. The van der Waals surface area contributed by atoms with Gasteiger partial charge in [0.25, 0.3) is 0 Å². The highest BCUT2D eigenvalue weighted by Gasteiger charge is 2.39. The first-order valence-electron chi connectivity index (χ1n) is 20.3. The fourth-order valence-corrected chi connectivity index (χ4v) is 8.96. The molecule has 6 aromatic rings. The Balaban J connectivity index is 1.32. The molecule has 282 valence electrons. The third-order valence-corrected chi connectivity index (χ3v) is 12.1. The summed E-state index contributed by atoms with van der Waals surface area (Å²) in [5.74, 6) is 6.51. The summed E-state index contributed by atoms with van der Waals surface area (Å²) in [6, 6.07) is 26.0. The van der Waals surface area contributed by atoms with Gasteiger partial charge in [0.2, 0.25) is 0 Å². The van der Waals surface area contributed by atoms with E-state index in [1.807, 2.05) is 6.20 Å². The average Bonchev–Trinajstić information content (AvgIpc) is 3.62. The first-order chi connectivity index (χ1) is 25.7. The van der Waals surface area contributed by atoms with Gasteiger partial charge in [-0.15, -0.1) is 0 Å². The lowest BCUT2D eigenvalue weighted by Gasteiger charge is -2.41. The van der Waals surface area contributed by atoms with Crippen molar-refractivity contribution < 1.29 is 4.74 Å². The van der Waals surface area contributed by atoms with Crippen LogP contribution in [0.1, 0.15) is 121 Å². The highest BCUT2D eigenvalue weighted by Crippen LogP contribution is 2.50. The molecule has 0 radical (unpaired) electrons. The van der Waals surface area contributed by atoms with Crippen molar-refractivity contribution in [3.05, 3.63) is 119 Å². The molecule has 7 rings (SSSR count). The molecule has 0 saturated heterocycles. The van der Waals surface area contributed by atoms with Gasteiger partial charge in [-0.2, -0.15) is 5.10 Å². The van der Waals surface area contributed by atoms with E-state index in [1.54, 1.807) is 5.57 Å². The number of hydrogen-bond donors (Lipinski definition) is 0. The van der Waals surface area contributed by atoms with Gasteiger partial charge in [-0.3, -0.25) is 4.57 Å². The van der Waals surface area contributed by atoms with Crippen LogP contribution in [0.4, 0.5) is 0 Å². The Morgan fingerprint density at radius 3 is 2.09 bits per heavy atom. The molecule has 54 heavy (non-hydrogen) atoms. The topological polar surface area (TPSA) is 44.9 Å². The van der Waals surface area contributed by atoms with E-state index in [2.05, 4.69) is 171 Å². The molecule has 0 fully saturated rings. The number of nitrogens with zero attached hydrogens (tertiary/aromatic N) is 4. The average molecular weight is 721 g/mol. The summed E-state index contributed by atoms with van der Waals surface area (Å²) in [7, 11) is 0. The van der Waals surface area contributed by atoms with Crippen LogP contribution in [0.2, 0.25) is 0 Å². The zero-order valence-electron chi connectivity index (χ0n) is 34.6. The Morgan fingerprint density at radius 2 is 1.41 bits per heavy atom. The van der Waals surface area contributed by atoms with Crippen molar-refractivity contribution in [1.82, 2.24) is 19.3 Å². The third-order valence-electron chi connectivity index (χ3n) is 12.1. The molecular formula is C49H60N4O. The lowest BCUT2D eigenvalue weighted by Crippen LogP contribution is -2.31. The molecule has 3 atom stereocenters. The molecule has 3 aromatic heterocycles. The Hall–Kier alpha value is -4.64. The molecule has 0 aliphatic heterocycles. The van der Waals surface area contributed by atoms with Crippen molar-refractivity contribution in [1.29, 1.82) is 0 Å². The van der Waals surface area contributed by atoms with Crippen molar-refractivity contribution in [3.8, 4) is 23.0 Å². The van der Waals surface area contributed by atoms with Gasteiger partial charge in [0, 0.05) is 46.3 Å². The number of allylic oxidation sites excluding steroid dienone is 2. The van der Waals surface area contributed by atoms with Crippen LogP contribution in [0.15, 0.2) is 90.6 Å². The molecule has 5 heteroatoms. The number of aromatic nitrogens is 4. The van der Waals surface area contributed by atoms with Gasteiger partial charge < -0.3 is 4.74 Å². The van der Waals surface area contributed by atoms with E-state index in [0.717, 1.165) is 39.7 Å². The lowest BCUT2D eigenvalue weighted by molar-refractivity contribution is 0.232. The minimum Gasteiger partial charge on any atom is -0.457 e. The van der Waals surface area contributed by atoms with Crippen LogP contribution in [0, 0.1) is 43.4 Å². The third kappa shape index (κ3) is 6.91. The predicted molar refractivity (Wildman–Crippen MR) is 227 cm³/mol. The fourth-order valence-electron chi connectivity index (χ4n) is 8.96. The second kappa shape index (κ2) is 14.9. The quantitative estimate of drug-likeness (QED) is 0.132. The van der Waals surface area contributed by atoms with Crippen LogP contribution < -0.4 is 4.74 Å². The Kier molecular flexibility index (Phi) is 10.4. The molecular weight excluding hydrogens is 661 g/mol. The number of para-hydroxylation sites is 1. The number of aryl methyl sites for hydroxylation is 1. The number of fused-ring (bicyclic) bond motifs is 3. The van der Waals surface area contributed by atoms with Crippen molar-refractivity contribution in [3.63, 3.8) is 0 Å². The lowest BCUT2D eigenvalue weighted by atomic mass is 9.63. The maximum Gasteiger partial charge on any atom is 0.137 e. The Labute approximate surface area is 323 Å². The maximum absolute atomic E-state index is 6.83.